The van der Waals surface area contributed by atoms with Crippen LogP contribution in [0, 0.1) is 0 Å². The SMILES string of the molecule is CCCN1CCN(c2cc(=O)[nH]c(C3CC3)n2)CC1. The fourth-order valence-corrected chi connectivity index (χ4v) is 2.69. The quantitative estimate of drug-likeness (QED) is 0.885. The molecule has 2 aliphatic rings. The van der Waals surface area contributed by atoms with Gasteiger partial charge in [0.1, 0.15) is 11.6 Å². The normalized spacial score (nSPS) is 20.8. The monoisotopic (exact) mass is 262 g/mol. The first-order chi connectivity index (χ1) is 9.26. The highest BCUT2D eigenvalue weighted by Gasteiger charge is 2.27. The van der Waals surface area contributed by atoms with Crippen molar-refractivity contribution in [2.24, 2.45) is 0 Å². The number of nitrogens with one attached hydrogen (secondary N) is 1. The van der Waals surface area contributed by atoms with Crippen molar-refractivity contribution in [3.8, 4) is 0 Å². The first-order valence-electron chi connectivity index (χ1n) is 7.35. The van der Waals surface area contributed by atoms with E-state index in [9.17, 15) is 4.79 Å². The van der Waals surface area contributed by atoms with E-state index in [0.29, 0.717) is 5.92 Å². The number of aromatic amines is 1. The number of hydrogen-bond donors (Lipinski definition) is 1. The van der Waals surface area contributed by atoms with Crippen molar-refractivity contribution >= 4 is 5.82 Å². The van der Waals surface area contributed by atoms with Gasteiger partial charge >= 0.3 is 0 Å². The van der Waals surface area contributed by atoms with Crippen LogP contribution in [0.4, 0.5) is 5.82 Å². The van der Waals surface area contributed by atoms with Crippen LogP contribution in [-0.4, -0.2) is 47.6 Å². The Balaban J connectivity index is 1.70. The fourth-order valence-electron chi connectivity index (χ4n) is 2.69. The Morgan fingerprint density at radius 2 is 2.05 bits per heavy atom. The van der Waals surface area contributed by atoms with Gasteiger partial charge in [-0.2, -0.15) is 0 Å². The molecular weight excluding hydrogens is 240 g/mol. The molecule has 0 unspecified atom stereocenters. The number of hydrogen-bond acceptors (Lipinski definition) is 4. The number of piperazine rings is 1. The molecule has 0 radical (unpaired) electrons. The lowest BCUT2D eigenvalue weighted by Gasteiger charge is -2.35. The maximum Gasteiger partial charge on any atom is 0.252 e. The molecule has 1 aliphatic carbocycles. The summed E-state index contributed by atoms with van der Waals surface area (Å²) in [5.41, 5.74) is -0.0112. The van der Waals surface area contributed by atoms with Crippen LogP contribution in [-0.2, 0) is 0 Å². The first-order valence-corrected chi connectivity index (χ1v) is 7.35. The Kier molecular flexibility index (Phi) is 3.55. The smallest absolute Gasteiger partial charge is 0.252 e. The van der Waals surface area contributed by atoms with Crippen molar-refractivity contribution in [3.63, 3.8) is 0 Å². The average Bonchev–Trinajstić information content (AvgIpc) is 3.23. The van der Waals surface area contributed by atoms with Crippen molar-refractivity contribution in [2.75, 3.05) is 37.6 Å². The summed E-state index contributed by atoms with van der Waals surface area (Å²) < 4.78 is 0. The van der Waals surface area contributed by atoms with E-state index in [2.05, 4.69) is 26.7 Å². The van der Waals surface area contributed by atoms with Crippen LogP contribution in [0.25, 0.3) is 0 Å². The van der Waals surface area contributed by atoms with Gasteiger partial charge in [-0.25, -0.2) is 4.98 Å². The standard InChI is InChI=1S/C14H22N4O/c1-2-5-17-6-8-18(9-7-17)12-10-13(19)16-14(15-12)11-3-4-11/h10-11H,2-9H2,1H3,(H,15,16,19). The zero-order chi connectivity index (χ0) is 13.2. The van der Waals surface area contributed by atoms with Gasteiger partial charge in [-0.1, -0.05) is 6.92 Å². The van der Waals surface area contributed by atoms with Gasteiger partial charge in [0.2, 0.25) is 0 Å². The van der Waals surface area contributed by atoms with Crippen LogP contribution in [0.15, 0.2) is 10.9 Å². The molecule has 0 aromatic carbocycles. The van der Waals surface area contributed by atoms with E-state index in [1.54, 1.807) is 6.07 Å². The molecule has 1 aliphatic heterocycles. The molecule has 0 atom stereocenters. The van der Waals surface area contributed by atoms with Crippen LogP contribution >= 0.6 is 0 Å². The van der Waals surface area contributed by atoms with Crippen molar-refractivity contribution in [1.29, 1.82) is 0 Å². The molecule has 1 saturated heterocycles. The predicted octanol–water partition coefficient (Wildman–Crippen LogP) is 1.18. The summed E-state index contributed by atoms with van der Waals surface area (Å²) in [5.74, 6) is 2.24. The van der Waals surface area contributed by atoms with E-state index in [-0.39, 0.29) is 5.56 Å². The van der Waals surface area contributed by atoms with Crippen molar-refractivity contribution in [3.05, 3.63) is 22.2 Å². The summed E-state index contributed by atoms with van der Waals surface area (Å²) in [5, 5.41) is 0. The highest BCUT2D eigenvalue weighted by Crippen LogP contribution is 2.37. The van der Waals surface area contributed by atoms with E-state index in [1.165, 1.54) is 13.0 Å². The molecular formula is C14H22N4O. The molecule has 5 heteroatoms. The summed E-state index contributed by atoms with van der Waals surface area (Å²) >= 11 is 0. The molecule has 19 heavy (non-hydrogen) atoms. The van der Waals surface area contributed by atoms with Gasteiger partial charge in [0.15, 0.2) is 0 Å². The third-order valence-corrected chi connectivity index (χ3v) is 3.95. The van der Waals surface area contributed by atoms with E-state index in [1.807, 2.05) is 0 Å². The maximum absolute atomic E-state index is 11.7. The first kappa shape index (κ1) is 12.7. The highest BCUT2D eigenvalue weighted by molar-refractivity contribution is 5.38. The Morgan fingerprint density at radius 3 is 2.68 bits per heavy atom. The number of anilines is 1. The van der Waals surface area contributed by atoms with Crippen molar-refractivity contribution in [1.82, 2.24) is 14.9 Å². The maximum atomic E-state index is 11.7. The highest BCUT2D eigenvalue weighted by atomic mass is 16.1. The van der Waals surface area contributed by atoms with E-state index in [0.717, 1.165) is 50.7 Å². The van der Waals surface area contributed by atoms with E-state index in [4.69, 9.17) is 0 Å². The molecule has 2 heterocycles. The summed E-state index contributed by atoms with van der Waals surface area (Å²) in [6.45, 7) is 7.47. The molecule has 0 bridgehead atoms. The number of nitrogens with zero attached hydrogens (tertiary/aromatic N) is 3. The summed E-state index contributed by atoms with van der Waals surface area (Å²) in [6.07, 6.45) is 3.53. The molecule has 3 rings (SSSR count). The zero-order valence-corrected chi connectivity index (χ0v) is 11.6. The number of aromatic nitrogens is 2. The van der Waals surface area contributed by atoms with Crippen LogP contribution in [0.3, 0.4) is 0 Å². The lowest BCUT2D eigenvalue weighted by Crippen LogP contribution is -2.47. The second-order valence-corrected chi connectivity index (χ2v) is 5.59. The van der Waals surface area contributed by atoms with Crippen LogP contribution in [0.1, 0.15) is 37.9 Å². The second kappa shape index (κ2) is 5.33. The van der Waals surface area contributed by atoms with Crippen molar-refractivity contribution < 1.29 is 0 Å². The number of rotatable bonds is 4. The minimum absolute atomic E-state index is 0.0112. The molecule has 1 aromatic heterocycles. The Morgan fingerprint density at radius 1 is 1.32 bits per heavy atom. The van der Waals surface area contributed by atoms with Gasteiger partial charge in [-0.05, 0) is 25.8 Å². The topological polar surface area (TPSA) is 52.2 Å². The second-order valence-electron chi connectivity index (χ2n) is 5.59. The van der Waals surface area contributed by atoms with Crippen LogP contribution in [0.5, 0.6) is 0 Å². The molecule has 1 aromatic rings. The Labute approximate surface area is 113 Å². The molecule has 0 spiro atoms. The van der Waals surface area contributed by atoms with Gasteiger partial charge < -0.3 is 9.88 Å². The molecule has 104 valence electrons. The van der Waals surface area contributed by atoms with Gasteiger partial charge in [0, 0.05) is 38.2 Å². The third kappa shape index (κ3) is 2.97. The molecule has 1 saturated carbocycles. The van der Waals surface area contributed by atoms with E-state index >= 15 is 0 Å². The summed E-state index contributed by atoms with van der Waals surface area (Å²) in [6, 6.07) is 1.64. The lowest BCUT2D eigenvalue weighted by atomic mass is 10.3. The van der Waals surface area contributed by atoms with E-state index < -0.39 is 0 Å². The summed E-state index contributed by atoms with van der Waals surface area (Å²) in [4.78, 5) is 24.0. The average molecular weight is 262 g/mol. The summed E-state index contributed by atoms with van der Waals surface area (Å²) in [7, 11) is 0. The Hall–Kier alpha value is -1.36. The van der Waals surface area contributed by atoms with Crippen LogP contribution in [0.2, 0.25) is 0 Å². The number of H-pyrrole nitrogens is 1. The molecule has 2 fully saturated rings. The Bertz CT molecular complexity index is 486. The van der Waals surface area contributed by atoms with Crippen molar-refractivity contribution in [2.45, 2.75) is 32.1 Å². The van der Waals surface area contributed by atoms with Gasteiger partial charge in [-0.15, -0.1) is 0 Å². The lowest BCUT2D eigenvalue weighted by molar-refractivity contribution is 0.258. The third-order valence-electron chi connectivity index (χ3n) is 3.95. The van der Waals surface area contributed by atoms with Gasteiger partial charge in [-0.3, -0.25) is 9.69 Å². The largest absolute Gasteiger partial charge is 0.354 e. The molecule has 0 amide bonds. The van der Waals surface area contributed by atoms with Gasteiger partial charge in [0.05, 0.1) is 0 Å². The fraction of sp³-hybridized carbons (Fsp3) is 0.714. The zero-order valence-electron chi connectivity index (χ0n) is 11.6. The minimum atomic E-state index is -0.0112. The molecule has 1 N–H and O–H groups in total. The molecule has 5 nitrogen and oxygen atoms in total. The predicted molar refractivity (Wildman–Crippen MR) is 75.8 cm³/mol. The minimum Gasteiger partial charge on any atom is -0.354 e. The van der Waals surface area contributed by atoms with Crippen LogP contribution < -0.4 is 10.5 Å². The van der Waals surface area contributed by atoms with Gasteiger partial charge in [0.25, 0.3) is 5.56 Å².